The molecule has 0 spiro atoms. The van der Waals surface area contributed by atoms with Crippen molar-refractivity contribution in [3.05, 3.63) is 59.7 Å². The average molecular weight is 356 g/mol. The van der Waals surface area contributed by atoms with Crippen molar-refractivity contribution in [3.8, 4) is 0 Å². The van der Waals surface area contributed by atoms with Crippen LogP contribution in [0.25, 0.3) is 5.65 Å². The van der Waals surface area contributed by atoms with Crippen molar-refractivity contribution in [1.82, 2.24) is 14.6 Å². The van der Waals surface area contributed by atoms with Crippen LogP contribution in [0.2, 0.25) is 0 Å². The van der Waals surface area contributed by atoms with E-state index in [-0.39, 0.29) is 17.4 Å². The molecule has 0 aliphatic carbocycles. The van der Waals surface area contributed by atoms with Crippen molar-refractivity contribution in [1.29, 1.82) is 0 Å². The highest BCUT2D eigenvalue weighted by molar-refractivity contribution is 5.94. The summed E-state index contributed by atoms with van der Waals surface area (Å²) < 4.78 is 15.0. The fraction of sp³-hybridized carbons (Fsp3) is 0.316. The Bertz CT molecular complexity index is 925. The van der Waals surface area contributed by atoms with Crippen molar-refractivity contribution in [2.45, 2.75) is 32.7 Å². The lowest BCUT2D eigenvalue weighted by Crippen LogP contribution is -2.24. The van der Waals surface area contributed by atoms with Gasteiger partial charge in [-0.05, 0) is 36.6 Å². The molecule has 0 radical (unpaired) electrons. The van der Waals surface area contributed by atoms with Crippen LogP contribution in [0.3, 0.4) is 0 Å². The molecular formula is C19H21FN4O2. The molecule has 1 aromatic carbocycles. The first-order chi connectivity index (χ1) is 12.6. The number of anilines is 1. The van der Waals surface area contributed by atoms with E-state index in [1.165, 1.54) is 16.8 Å². The first-order valence-electron chi connectivity index (χ1n) is 8.73. The highest BCUT2D eigenvalue weighted by atomic mass is 19.1. The molecule has 0 bridgehead atoms. The number of halogens is 1. The van der Waals surface area contributed by atoms with Gasteiger partial charge in [0.05, 0.1) is 12.2 Å². The molecule has 4 rings (SSSR count). The molecule has 3 heterocycles. The molecule has 1 N–H and O–H groups in total. The second-order valence-corrected chi connectivity index (χ2v) is 5.82. The Morgan fingerprint density at radius 2 is 2.12 bits per heavy atom. The van der Waals surface area contributed by atoms with Crippen LogP contribution in [0.5, 0.6) is 0 Å². The van der Waals surface area contributed by atoms with Gasteiger partial charge in [0.15, 0.2) is 5.65 Å². The first-order valence-corrected chi connectivity index (χ1v) is 8.73. The zero-order valence-electron chi connectivity index (χ0n) is 14.8. The number of rotatable bonds is 3. The van der Waals surface area contributed by atoms with Crippen molar-refractivity contribution in [2.75, 3.05) is 11.4 Å². The number of carboxylic acids is 1. The Kier molecular flexibility index (Phi) is 5.16. The van der Waals surface area contributed by atoms with E-state index in [2.05, 4.69) is 15.0 Å². The average Bonchev–Trinajstić information content (AvgIpc) is 3.30. The van der Waals surface area contributed by atoms with Crippen LogP contribution in [0.15, 0.2) is 42.7 Å². The maximum Gasteiger partial charge on any atom is 0.341 e. The van der Waals surface area contributed by atoms with E-state index < -0.39 is 5.97 Å². The third kappa shape index (κ3) is 3.24. The lowest BCUT2D eigenvalue weighted by atomic mass is 10.0. The summed E-state index contributed by atoms with van der Waals surface area (Å²) in [6, 6.07) is 8.43. The summed E-state index contributed by atoms with van der Waals surface area (Å²) in [4.78, 5) is 17.9. The Morgan fingerprint density at radius 1 is 1.31 bits per heavy atom. The largest absolute Gasteiger partial charge is 0.477 e. The summed E-state index contributed by atoms with van der Waals surface area (Å²) >= 11 is 0. The molecule has 26 heavy (non-hydrogen) atoms. The summed E-state index contributed by atoms with van der Waals surface area (Å²) in [6.07, 6.45) is 4.87. The molecule has 136 valence electrons. The summed E-state index contributed by atoms with van der Waals surface area (Å²) in [5.74, 6) is -0.637. The maximum absolute atomic E-state index is 13.5. The van der Waals surface area contributed by atoms with Crippen LogP contribution in [0.1, 0.15) is 48.7 Å². The van der Waals surface area contributed by atoms with E-state index in [0.29, 0.717) is 11.5 Å². The van der Waals surface area contributed by atoms with Gasteiger partial charge < -0.3 is 10.0 Å². The smallest absolute Gasteiger partial charge is 0.341 e. The normalized spacial score (nSPS) is 16.4. The summed E-state index contributed by atoms with van der Waals surface area (Å²) in [5.41, 5.74) is 1.28. The minimum absolute atomic E-state index is 0.0341. The van der Waals surface area contributed by atoms with Gasteiger partial charge in [0.2, 0.25) is 0 Å². The third-order valence-corrected chi connectivity index (χ3v) is 4.37. The van der Waals surface area contributed by atoms with Gasteiger partial charge in [-0.1, -0.05) is 26.0 Å². The van der Waals surface area contributed by atoms with Crippen molar-refractivity contribution in [2.24, 2.45) is 0 Å². The lowest BCUT2D eigenvalue weighted by Gasteiger charge is -2.26. The Morgan fingerprint density at radius 3 is 2.85 bits per heavy atom. The SMILES string of the molecule is CC.O=C(O)c1cnn2ccc(N3CCC[C@@H]3c3cccc(F)c3)nc12. The van der Waals surface area contributed by atoms with Crippen molar-refractivity contribution >= 4 is 17.4 Å². The zero-order valence-corrected chi connectivity index (χ0v) is 14.8. The van der Waals surface area contributed by atoms with E-state index in [1.807, 2.05) is 26.0 Å². The number of fused-ring (bicyclic) bond motifs is 1. The topological polar surface area (TPSA) is 70.7 Å². The molecular weight excluding hydrogens is 335 g/mol. The number of hydrogen-bond acceptors (Lipinski definition) is 4. The molecule has 6 nitrogen and oxygen atoms in total. The van der Waals surface area contributed by atoms with Crippen LogP contribution in [-0.4, -0.2) is 32.2 Å². The predicted octanol–water partition coefficient (Wildman–Crippen LogP) is 3.93. The minimum Gasteiger partial charge on any atom is -0.477 e. The molecule has 1 aliphatic heterocycles. The van der Waals surface area contributed by atoms with Crippen LogP contribution >= 0.6 is 0 Å². The van der Waals surface area contributed by atoms with Gasteiger partial charge in [0, 0.05) is 12.7 Å². The molecule has 1 fully saturated rings. The maximum atomic E-state index is 13.5. The summed E-state index contributed by atoms with van der Waals surface area (Å²) in [7, 11) is 0. The van der Waals surface area contributed by atoms with Gasteiger partial charge >= 0.3 is 5.97 Å². The minimum atomic E-state index is -1.06. The summed E-state index contributed by atoms with van der Waals surface area (Å²) in [6.45, 7) is 4.79. The molecule has 2 aromatic heterocycles. The Labute approximate surface area is 150 Å². The third-order valence-electron chi connectivity index (χ3n) is 4.37. The van der Waals surface area contributed by atoms with Crippen LogP contribution in [0, 0.1) is 5.82 Å². The highest BCUT2D eigenvalue weighted by Gasteiger charge is 2.28. The number of nitrogens with zero attached hydrogens (tertiary/aromatic N) is 4. The number of aromatic nitrogens is 3. The Hall–Kier alpha value is -2.96. The van der Waals surface area contributed by atoms with Gasteiger partial charge in [-0.15, -0.1) is 0 Å². The molecule has 0 saturated carbocycles. The van der Waals surface area contributed by atoms with E-state index in [1.54, 1.807) is 18.3 Å². The second kappa shape index (κ2) is 7.51. The van der Waals surface area contributed by atoms with Gasteiger partial charge in [-0.3, -0.25) is 0 Å². The number of carbonyl (C=O) groups is 1. The van der Waals surface area contributed by atoms with E-state index in [4.69, 9.17) is 0 Å². The molecule has 7 heteroatoms. The molecule has 0 unspecified atom stereocenters. The van der Waals surface area contributed by atoms with Crippen LogP contribution < -0.4 is 4.90 Å². The van der Waals surface area contributed by atoms with Gasteiger partial charge in [-0.2, -0.15) is 5.10 Å². The number of aromatic carboxylic acids is 1. The molecule has 1 aliphatic rings. The second-order valence-electron chi connectivity index (χ2n) is 5.82. The molecule has 1 atom stereocenters. The molecule has 3 aromatic rings. The predicted molar refractivity (Wildman–Crippen MR) is 97.0 cm³/mol. The fourth-order valence-electron chi connectivity index (χ4n) is 3.27. The van der Waals surface area contributed by atoms with Crippen LogP contribution in [-0.2, 0) is 0 Å². The number of hydrogen-bond donors (Lipinski definition) is 1. The van der Waals surface area contributed by atoms with Gasteiger partial charge in [-0.25, -0.2) is 18.7 Å². The van der Waals surface area contributed by atoms with Crippen LogP contribution in [0.4, 0.5) is 10.2 Å². The van der Waals surface area contributed by atoms with Gasteiger partial charge in [0.1, 0.15) is 17.2 Å². The van der Waals surface area contributed by atoms with E-state index in [9.17, 15) is 14.3 Å². The Balaban J connectivity index is 0.000000948. The first kappa shape index (κ1) is 17.8. The zero-order chi connectivity index (χ0) is 18.7. The number of carboxylic acid groups (broad SMARTS) is 1. The lowest BCUT2D eigenvalue weighted by molar-refractivity contribution is 0.0698. The van der Waals surface area contributed by atoms with Crippen molar-refractivity contribution in [3.63, 3.8) is 0 Å². The summed E-state index contributed by atoms with van der Waals surface area (Å²) in [5, 5.41) is 13.2. The molecule has 1 saturated heterocycles. The number of benzene rings is 1. The molecule has 0 amide bonds. The van der Waals surface area contributed by atoms with E-state index in [0.717, 1.165) is 24.9 Å². The fourth-order valence-corrected chi connectivity index (χ4v) is 3.27. The van der Waals surface area contributed by atoms with Gasteiger partial charge in [0.25, 0.3) is 0 Å². The standard InChI is InChI=1S/C17H15FN4O2.C2H6/c18-12-4-1-3-11(9-12)14-5-2-7-21(14)15-6-8-22-16(20-15)13(10-19-22)17(23)24;1-2/h1,3-4,6,8-10,14H,2,5,7H2,(H,23,24);1-2H3/t14-;/m1./s1. The van der Waals surface area contributed by atoms with E-state index >= 15 is 0 Å². The van der Waals surface area contributed by atoms with Crippen molar-refractivity contribution < 1.29 is 14.3 Å². The highest BCUT2D eigenvalue weighted by Crippen LogP contribution is 2.35. The quantitative estimate of drug-likeness (QED) is 0.770. The monoisotopic (exact) mass is 356 g/mol.